The fourth-order valence-corrected chi connectivity index (χ4v) is 1.96. The van der Waals surface area contributed by atoms with Crippen LogP contribution < -0.4 is 0 Å². The van der Waals surface area contributed by atoms with Gasteiger partial charge in [-0.1, -0.05) is 25.1 Å². The molecule has 1 heterocycles. The molecule has 0 aliphatic carbocycles. The molecule has 0 saturated carbocycles. The largest absolute Gasteiger partial charge is 0.465 e. The number of hydrogen-bond donors (Lipinski definition) is 0. The first kappa shape index (κ1) is 13.7. The molecule has 0 N–H and O–H groups in total. The van der Waals surface area contributed by atoms with Gasteiger partial charge in [-0.15, -0.1) is 5.10 Å². The van der Waals surface area contributed by atoms with Gasteiger partial charge in [-0.25, -0.2) is 9.48 Å². The first-order chi connectivity index (χ1) is 9.58. The molecule has 0 radical (unpaired) electrons. The second kappa shape index (κ2) is 5.53. The third kappa shape index (κ3) is 2.38. The molecule has 2 aromatic rings. The van der Waals surface area contributed by atoms with E-state index in [0.29, 0.717) is 16.9 Å². The zero-order chi connectivity index (χ0) is 14.7. The summed E-state index contributed by atoms with van der Waals surface area (Å²) < 4.78 is 6.27. The van der Waals surface area contributed by atoms with Crippen molar-refractivity contribution in [3.63, 3.8) is 0 Å². The number of aromatic nitrogens is 3. The smallest absolute Gasteiger partial charge is 0.337 e. The molecule has 102 valence electrons. The minimum atomic E-state index is -0.418. The van der Waals surface area contributed by atoms with E-state index in [1.165, 1.54) is 7.11 Å². The van der Waals surface area contributed by atoms with E-state index in [-0.39, 0.29) is 5.92 Å². The van der Waals surface area contributed by atoms with Crippen molar-refractivity contribution in [1.82, 2.24) is 15.0 Å². The maximum atomic E-state index is 11.6. The lowest BCUT2D eigenvalue weighted by Gasteiger charge is -2.10. The normalized spacial score (nSPS) is 10.3. The molecule has 1 aromatic heterocycles. The topological polar surface area (TPSA) is 80.8 Å². The van der Waals surface area contributed by atoms with E-state index in [4.69, 9.17) is 10.00 Å². The highest BCUT2D eigenvalue weighted by Crippen LogP contribution is 2.21. The van der Waals surface area contributed by atoms with Crippen molar-refractivity contribution in [3.05, 3.63) is 41.2 Å². The van der Waals surface area contributed by atoms with Crippen molar-refractivity contribution in [1.29, 1.82) is 5.26 Å². The van der Waals surface area contributed by atoms with Crippen molar-refractivity contribution in [2.24, 2.45) is 0 Å². The van der Waals surface area contributed by atoms with Gasteiger partial charge in [-0.05, 0) is 24.1 Å². The van der Waals surface area contributed by atoms with Crippen LogP contribution in [0.15, 0.2) is 24.3 Å². The Bertz CT molecular complexity index is 683. The van der Waals surface area contributed by atoms with Crippen LogP contribution in [0.4, 0.5) is 0 Å². The zero-order valence-corrected chi connectivity index (χ0v) is 11.5. The minimum Gasteiger partial charge on any atom is -0.465 e. The van der Waals surface area contributed by atoms with Gasteiger partial charge in [0.2, 0.25) is 0 Å². The van der Waals surface area contributed by atoms with Crippen LogP contribution in [-0.2, 0) is 4.74 Å². The van der Waals surface area contributed by atoms with E-state index in [9.17, 15) is 4.79 Å². The Labute approximate surface area is 116 Å². The lowest BCUT2D eigenvalue weighted by molar-refractivity contribution is 0.0600. The Hall–Kier alpha value is -2.68. The van der Waals surface area contributed by atoms with Crippen molar-refractivity contribution in [2.75, 3.05) is 7.11 Å². The highest BCUT2D eigenvalue weighted by molar-refractivity contribution is 5.89. The molecule has 0 fully saturated rings. The summed E-state index contributed by atoms with van der Waals surface area (Å²) in [6.07, 6.45) is 0. The molecule has 6 heteroatoms. The molecule has 1 aromatic carbocycles. The highest BCUT2D eigenvalue weighted by atomic mass is 16.5. The van der Waals surface area contributed by atoms with Gasteiger partial charge in [0, 0.05) is 0 Å². The first-order valence-electron chi connectivity index (χ1n) is 6.13. The van der Waals surface area contributed by atoms with Gasteiger partial charge in [0.15, 0.2) is 5.69 Å². The summed E-state index contributed by atoms with van der Waals surface area (Å²) in [4.78, 5) is 11.6. The predicted molar refractivity (Wildman–Crippen MR) is 71.5 cm³/mol. The molecule has 0 unspecified atom stereocenters. The van der Waals surface area contributed by atoms with Crippen LogP contribution in [0.1, 0.15) is 41.5 Å². The van der Waals surface area contributed by atoms with Crippen LogP contribution >= 0.6 is 0 Å². The van der Waals surface area contributed by atoms with Crippen LogP contribution in [0.2, 0.25) is 0 Å². The van der Waals surface area contributed by atoms with Gasteiger partial charge in [-0.3, -0.25) is 0 Å². The number of benzene rings is 1. The molecule has 2 rings (SSSR count). The number of carbonyl (C=O) groups excluding carboxylic acids is 1. The Morgan fingerprint density at radius 2 is 2.20 bits per heavy atom. The van der Waals surface area contributed by atoms with E-state index in [2.05, 4.69) is 10.3 Å². The Kier molecular flexibility index (Phi) is 3.80. The van der Waals surface area contributed by atoms with Crippen molar-refractivity contribution in [2.45, 2.75) is 19.8 Å². The molecule has 0 saturated heterocycles. The average molecular weight is 270 g/mol. The number of carbonyl (C=O) groups is 1. The monoisotopic (exact) mass is 270 g/mol. The molecule has 0 atom stereocenters. The second-order valence-corrected chi connectivity index (χ2v) is 4.54. The summed E-state index contributed by atoms with van der Waals surface area (Å²) in [5.74, 6) is -0.333. The lowest BCUT2D eigenvalue weighted by atomic mass is 10.1. The van der Waals surface area contributed by atoms with Gasteiger partial charge >= 0.3 is 5.97 Å². The zero-order valence-electron chi connectivity index (χ0n) is 11.5. The fraction of sp³-hybridized carbons (Fsp3) is 0.286. The third-order valence-corrected chi connectivity index (χ3v) is 2.87. The van der Waals surface area contributed by atoms with E-state index in [1.54, 1.807) is 28.9 Å². The van der Waals surface area contributed by atoms with E-state index >= 15 is 0 Å². The Balaban J connectivity index is 2.55. The van der Waals surface area contributed by atoms with E-state index in [0.717, 1.165) is 5.69 Å². The van der Waals surface area contributed by atoms with Crippen molar-refractivity contribution < 1.29 is 9.53 Å². The molecule has 0 aliphatic rings. The number of methoxy groups -OCH3 is 1. The van der Waals surface area contributed by atoms with Gasteiger partial charge in [0.1, 0.15) is 6.07 Å². The molecule has 20 heavy (non-hydrogen) atoms. The second-order valence-electron chi connectivity index (χ2n) is 4.54. The number of ether oxygens (including phenoxy) is 1. The summed E-state index contributed by atoms with van der Waals surface area (Å²) in [5.41, 5.74) is 2.11. The molecular formula is C14H14N4O2. The van der Waals surface area contributed by atoms with Gasteiger partial charge < -0.3 is 4.74 Å². The van der Waals surface area contributed by atoms with Crippen LogP contribution in [0.3, 0.4) is 0 Å². The van der Waals surface area contributed by atoms with Gasteiger partial charge in [0.05, 0.1) is 24.1 Å². The number of hydrogen-bond acceptors (Lipinski definition) is 5. The predicted octanol–water partition coefficient (Wildman–Crippen LogP) is 2.05. The molecule has 0 amide bonds. The average Bonchev–Trinajstić information content (AvgIpc) is 2.90. The van der Waals surface area contributed by atoms with E-state index < -0.39 is 5.97 Å². The lowest BCUT2D eigenvalue weighted by Crippen LogP contribution is -2.07. The number of nitrogens with zero attached hydrogens (tertiary/aromatic N) is 4. The molecule has 0 bridgehead atoms. The molecule has 6 nitrogen and oxygen atoms in total. The molecule has 0 spiro atoms. The van der Waals surface area contributed by atoms with E-state index in [1.807, 2.05) is 19.9 Å². The van der Waals surface area contributed by atoms with Crippen LogP contribution in [0.5, 0.6) is 0 Å². The third-order valence-electron chi connectivity index (χ3n) is 2.87. The van der Waals surface area contributed by atoms with Crippen molar-refractivity contribution >= 4 is 5.97 Å². The maximum absolute atomic E-state index is 11.6. The minimum absolute atomic E-state index is 0.0847. The summed E-state index contributed by atoms with van der Waals surface area (Å²) in [7, 11) is 1.33. The number of esters is 1. The first-order valence-corrected chi connectivity index (χ1v) is 6.13. The van der Waals surface area contributed by atoms with Crippen LogP contribution in [0.25, 0.3) is 5.69 Å². The van der Waals surface area contributed by atoms with Crippen LogP contribution in [-0.4, -0.2) is 28.1 Å². The maximum Gasteiger partial charge on any atom is 0.337 e. The van der Waals surface area contributed by atoms with Gasteiger partial charge in [0.25, 0.3) is 0 Å². The Morgan fingerprint density at radius 3 is 2.80 bits per heavy atom. The standard InChI is InChI=1S/C14H14N4O2/c1-9(2)13-12(8-15)16-17-18(13)11-6-4-5-10(7-11)14(19)20-3/h4-7,9H,1-3H3. The SMILES string of the molecule is COC(=O)c1cccc(-n2nnc(C#N)c2C(C)C)c1. The summed E-state index contributed by atoms with van der Waals surface area (Å²) in [5, 5.41) is 16.9. The van der Waals surface area contributed by atoms with Gasteiger partial charge in [-0.2, -0.15) is 5.26 Å². The van der Waals surface area contributed by atoms with Crippen LogP contribution in [0, 0.1) is 11.3 Å². The summed E-state index contributed by atoms with van der Waals surface area (Å²) in [6.45, 7) is 3.92. The number of nitriles is 1. The quantitative estimate of drug-likeness (QED) is 0.797. The Morgan fingerprint density at radius 1 is 1.45 bits per heavy atom. The summed E-state index contributed by atoms with van der Waals surface area (Å²) in [6, 6.07) is 8.88. The summed E-state index contributed by atoms with van der Waals surface area (Å²) >= 11 is 0. The molecule has 0 aliphatic heterocycles. The number of rotatable bonds is 3. The highest BCUT2D eigenvalue weighted by Gasteiger charge is 2.18. The fourth-order valence-electron chi connectivity index (χ4n) is 1.96. The van der Waals surface area contributed by atoms with Crippen molar-refractivity contribution in [3.8, 4) is 11.8 Å². The molecular weight excluding hydrogens is 256 g/mol.